The Morgan fingerprint density at radius 2 is 1.82 bits per heavy atom. The second-order valence-corrected chi connectivity index (χ2v) is 13.2. The summed E-state index contributed by atoms with van der Waals surface area (Å²) in [6, 6.07) is 11.4. The van der Waals surface area contributed by atoms with Crippen LogP contribution in [0.5, 0.6) is 0 Å². The summed E-state index contributed by atoms with van der Waals surface area (Å²) >= 11 is 0. The Hall–Kier alpha value is -3.82. The second-order valence-electron chi connectivity index (χ2n) is 13.2. The van der Waals surface area contributed by atoms with Crippen LogP contribution < -0.4 is 10.6 Å². The fraction of sp³-hybridized carbons (Fsp3) is 0.528. The molecule has 0 unspecified atom stereocenters. The molecule has 0 aliphatic carbocycles. The highest BCUT2D eigenvalue weighted by Gasteiger charge is 2.45. The van der Waals surface area contributed by atoms with Crippen LogP contribution in [0, 0.1) is 23.0 Å². The van der Waals surface area contributed by atoms with E-state index in [4.69, 9.17) is 19.6 Å². The zero-order valence-electron chi connectivity index (χ0n) is 28.8. The first kappa shape index (κ1) is 39.0. The van der Waals surface area contributed by atoms with Crippen LogP contribution in [0.1, 0.15) is 44.6 Å². The lowest BCUT2D eigenvalue weighted by atomic mass is 9.78. The van der Waals surface area contributed by atoms with Gasteiger partial charge in [-0.2, -0.15) is 0 Å². The zero-order chi connectivity index (χ0) is 36.3. The van der Waals surface area contributed by atoms with Crippen molar-refractivity contribution in [3.63, 3.8) is 0 Å². The number of halogens is 3. The van der Waals surface area contributed by atoms with Gasteiger partial charge < -0.3 is 39.8 Å². The molecule has 274 valence electrons. The Morgan fingerprint density at radius 1 is 1.10 bits per heavy atom. The van der Waals surface area contributed by atoms with Gasteiger partial charge >= 0.3 is 0 Å². The highest BCUT2D eigenvalue weighted by molar-refractivity contribution is 5.81. The fourth-order valence-electron chi connectivity index (χ4n) is 6.21. The molecule has 2 amide bonds. The highest BCUT2D eigenvalue weighted by Crippen LogP contribution is 2.43. The number of aliphatic hydroxyl groups excluding tert-OH is 2. The number of nitrogens with zero attached hydrogens (tertiary/aromatic N) is 3. The molecule has 0 saturated carbocycles. The summed E-state index contributed by atoms with van der Waals surface area (Å²) in [6.07, 6.45) is -1.28. The van der Waals surface area contributed by atoms with Crippen molar-refractivity contribution in [2.24, 2.45) is 11.3 Å². The smallest absolute Gasteiger partial charge is 0.251 e. The van der Waals surface area contributed by atoms with E-state index in [0.29, 0.717) is 13.2 Å². The van der Waals surface area contributed by atoms with Gasteiger partial charge in [0.05, 0.1) is 44.8 Å². The monoisotopic (exact) mass is 703 g/mol. The lowest BCUT2D eigenvalue weighted by Crippen LogP contribution is -2.50. The Kier molecular flexibility index (Phi) is 14.4. The number of benzene rings is 2. The minimum Gasteiger partial charge on any atom is -0.394 e. The lowest BCUT2D eigenvalue weighted by molar-refractivity contribution is -0.147. The number of carbonyl (C=O) groups excluding carboxylic acids is 2. The van der Waals surface area contributed by atoms with Gasteiger partial charge in [0, 0.05) is 62.2 Å². The molecule has 4 rings (SSSR count). The maximum Gasteiger partial charge on any atom is 0.251 e. The van der Waals surface area contributed by atoms with E-state index in [2.05, 4.69) is 10.6 Å². The summed E-state index contributed by atoms with van der Waals surface area (Å²) in [6.45, 7) is 6.51. The third-order valence-electron chi connectivity index (χ3n) is 8.63. The second kappa shape index (κ2) is 18.4. The van der Waals surface area contributed by atoms with Crippen molar-refractivity contribution in [3.8, 4) is 11.3 Å². The Bertz CT molecular complexity index is 1540. The molecule has 0 spiro atoms. The molecule has 1 aromatic heterocycles. The molecule has 50 heavy (non-hydrogen) atoms. The Balaban J connectivity index is 1.75. The fourth-order valence-corrected chi connectivity index (χ4v) is 6.21. The van der Waals surface area contributed by atoms with Gasteiger partial charge in [-0.05, 0) is 30.7 Å². The predicted molar refractivity (Wildman–Crippen MR) is 181 cm³/mol. The molecule has 3 aromatic rings. The van der Waals surface area contributed by atoms with Crippen molar-refractivity contribution in [2.45, 2.75) is 52.1 Å². The molecule has 11 nitrogen and oxygen atoms in total. The van der Waals surface area contributed by atoms with E-state index in [1.807, 2.05) is 30.3 Å². The van der Waals surface area contributed by atoms with Crippen LogP contribution in [-0.4, -0.2) is 108 Å². The predicted octanol–water partition coefficient (Wildman–Crippen LogP) is 3.24. The topological polar surface area (TPSA) is 138 Å². The molecule has 0 radical (unpaired) electrons. The van der Waals surface area contributed by atoms with Crippen LogP contribution in [0.2, 0.25) is 0 Å². The van der Waals surface area contributed by atoms with Crippen molar-refractivity contribution in [1.82, 2.24) is 25.1 Å². The number of aliphatic hydroxyl groups is 2. The van der Waals surface area contributed by atoms with Crippen molar-refractivity contribution in [1.29, 1.82) is 0 Å². The first-order chi connectivity index (χ1) is 23.9. The van der Waals surface area contributed by atoms with E-state index >= 15 is 8.78 Å². The van der Waals surface area contributed by atoms with Gasteiger partial charge in [-0.25, -0.2) is 18.2 Å². The van der Waals surface area contributed by atoms with Gasteiger partial charge in [-0.15, -0.1) is 0 Å². The van der Waals surface area contributed by atoms with E-state index < -0.39 is 47.2 Å². The molecule has 4 atom stereocenters. The van der Waals surface area contributed by atoms with Gasteiger partial charge in [-0.1, -0.05) is 44.2 Å². The summed E-state index contributed by atoms with van der Waals surface area (Å²) in [4.78, 5) is 33.5. The van der Waals surface area contributed by atoms with Crippen molar-refractivity contribution in [2.75, 3.05) is 59.2 Å². The van der Waals surface area contributed by atoms with Crippen LogP contribution >= 0.6 is 0 Å². The SMILES string of the molecule is C[C@H](O)C(=O)N(C[C@@H]1CNC[C@@H]1F)[C@@H](c1nc(-c2cc(F)ccc2F)cn1Cc1ccccc1)C(C)(C)CC(=O)NCCOCCOCCO. The number of rotatable bonds is 19. The van der Waals surface area contributed by atoms with Crippen LogP contribution in [0.4, 0.5) is 13.2 Å². The van der Waals surface area contributed by atoms with Crippen LogP contribution in [0.15, 0.2) is 54.7 Å². The number of hydrogen-bond donors (Lipinski definition) is 4. The normalized spacial score (nSPS) is 17.4. The number of aromatic nitrogens is 2. The molecule has 1 aliphatic rings. The first-order valence-electron chi connectivity index (χ1n) is 16.8. The summed E-state index contributed by atoms with van der Waals surface area (Å²) in [5.74, 6) is -2.76. The minimum atomic E-state index is -1.47. The molecule has 14 heteroatoms. The molecule has 1 fully saturated rings. The maximum absolute atomic E-state index is 15.1. The summed E-state index contributed by atoms with van der Waals surface area (Å²) in [7, 11) is 0. The largest absolute Gasteiger partial charge is 0.394 e. The van der Waals surface area contributed by atoms with E-state index in [1.165, 1.54) is 11.8 Å². The highest BCUT2D eigenvalue weighted by atomic mass is 19.1. The average molecular weight is 704 g/mol. The zero-order valence-corrected chi connectivity index (χ0v) is 28.8. The van der Waals surface area contributed by atoms with E-state index in [0.717, 1.165) is 23.8 Å². The van der Waals surface area contributed by atoms with Crippen molar-refractivity contribution < 1.29 is 42.4 Å². The van der Waals surface area contributed by atoms with Crippen LogP contribution in [0.3, 0.4) is 0 Å². The molecular formula is C36H48F3N5O6. The van der Waals surface area contributed by atoms with E-state index in [1.54, 1.807) is 24.6 Å². The molecule has 1 saturated heterocycles. The Morgan fingerprint density at radius 3 is 2.48 bits per heavy atom. The quantitative estimate of drug-likeness (QED) is 0.140. The van der Waals surface area contributed by atoms with Gasteiger partial charge in [0.15, 0.2) is 0 Å². The van der Waals surface area contributed by atoms with E-state index in [-0.39, 0.29) is 82.0 Å². The third-order valence-corrected chi connectivity index (χ3v) is 8.63. The average Bonchev–Trinajstić information content (AvgIpc) is 3.67. The first-order valence-corrected chi connectivity index (χ1v) is 16.8. The van der Waals surface area contributed by atoms with Gasteiger partial charge in [-0.3, -0.25) is 9.59 Å². The number of ether oxygens (including phenoxy) is 2. The van der Waals surface area contributed by atoms with Crippen molar-refractivity contribution in [3.05, 3.63) is 77.8 Å². The standard InChI is InChI=1S/C36H48F3N5O6/c1-24(46)35(48)44(22-26-19-40-20-30(26)39)33(36(2,3)18-32(47)41-11-13-49-15-16-50-14-12-45)34-42-31(28-17-27(37)9-10-29(28)38)23-43(34)21-25-7-5-4-6-8-25/h4-10,17,23-24,26,30,33,40,45-46H,11-16,18-22H2,1-3H3,(H,41,47)/t24-,26-,30-,33-/m0/s1. The number of carbonyl (C=O) groups is 2. The van der Waals surface area contributed by atoms with Gasteiger partial charge in [0.1, 0.15) is 29.7 Å². The number of alkyl halides is 1. The van der Waals surface area contributed by atoms with Crippen molar-refractivity contribution >= 4 is 11.8 Å². The molecule has 2 aromatic carbocycles. The number of nitrogens with one attached hydrogen (secondary N) is 2. The van der Waals surface area contributed by atoms with Gasteiger partial charge in [0.2, 0.25) is 5.91 Å². The summed E-state index contributed by atoms with van der Waals surface area (Å²) in [5.41, 5.74) is -0.228. The van der Waals surface area contributed by atoms with Crippen LogP contribution in [0.25, 0.3) is 11.3 Å². The molecular weight excluding hydrogens is 655 g/mol. The summed E-state index contributed by atoms with van der Waals surface area (Å²) in [5, 5.41) is 25.3. The summed E-state index contributed by atoms with van der Waals surface area (Å²) < 4.78 is 57.0. The maximum atomic E-state index is 15.1. The Labute approximate surface area is 290 Å². The lowest BCUT2D eigenvalue weighted by Gasteiger charge is -2.43. The third kappa shape index (κ3) is 10.6. The molecule has 2 heterocycles. The molecule has 1 aliphatic heterocycles. The number of hydrogen-bond acceptors (Lipinski definition) is 8. The van der Waals surface area contributed by atoms with E-state index in [9.17, 15) is 19.1 Å². The minimum absolute atomic E-state index is 0.0888. The van der Waals surface area contributed by atoms with Gasteiger partial charge in [0.25, 0.3) is 5.91 Å². The number of imidazole rings is 1. The van der Waals surface area contributed by atoms with Crippen LogP contribution in [-0.2, 0) is 25.6 Å². The number of amides is 2. The molecule has 0 bridgehead atoms. The molecule has 4 N–H and O–H groups in total.